The lowest BCUT2D eigenvalue weighted by atomic mass is 10.0. The third kappa shape index (κ3) is 6.23. The van der Waals surface area contributed by atoms with Crippen LogP contribution in [0.15, 0.2) is 47.5 Å². The quantitative estimate of drug-likeness (QED) is 0.460. The normalized spacial score (nSPS) is 20.0. The molecule has 0 spiro atoms. The number of aromatic amines is 1. The van der Waals surface area contributed by atoms with Crippen LogP contribution in [0, 0.1) is 5.82 Å². The number of carbonyl (C=O) groups excluding carboxylic acids is 1. The molecule has 9 nitrogen and oxygen atoms in total. The molecule has 2 saturated heterocycles. The van der Waals surface area contributed by atoms with E-state index in [-0.39, 0.29) is 29.0 Å². The van der Waals surface area contributed by atoms with Gasteiger partial charge in [0.15, 0.2) is 0 Å². The van der Waals surface area contributed by atoms with Crippen LogP contribution in [0.25, 0.3) is 11.1 Å². The molecule has 2 fully saturated rings. The molecule has 218 valence electrons. The van der Waals surface area contributed by atoms with E-state index in [1.165, 1.54) is 12.1 Å². The number of H-pyrrole nitrogens is 1. The second-order valence-electron chi connectivity index (χ2n) is 10.6. The lowest BCUT2D eigenvalue weighted by molar-refractivity contribution is 0.0529. The van der Waals surface area contributed by atoms with Crippen LogP contribution in [0.3, 0.4) is 0 Å². The number of anilines is 3. The Labute approximate surface area is 235 Å². The third-order valence-corrected chi connectivity index (χ3v) is 7.69. The van der Waals surface area contributed by atoms with Crippen molar-refractivity contribution in [2.24, 2.45) is 0 Å². The zero-order chi connectivity index (χ0) is 29.3. The summed E-state index contributed by atoms with van der Waals surface area (Å²) >= 11 is 0. The molecule has 2 N–H and O–H groups in total. The maximum atomic E-state index is 15.7. The number of halogens is 3. The highest BCUT2D eigenvalue weighted by Crippen LogP contribution is 2.36. The minimum atomic E-state index is -3.03. The van der Waals surface area contributed by atoms with Gasteiger partial charge in [-0.15, -0.1) is 0 Å². The first-order valence-electron chi connectivity index (χ1n) is 13.5. The standard InChI is InChI=1S/C29H33F3N6O3/c1-17-15-37(7-6-36(17)3)25-12-23(30)20(19-4-5-26(33-13-19)38-8-9-41-18(2)16-38)10-24(25)35-29(40)22-14-34-27(39)11-21(22)28(31)32/h4-5,10-14,17-18,28H,6-9,15-16H2,1-3H3,(H,34,39)(H,35,40). The molecule has 0 bridgehead atoms. The molecule has 12 heteroatoms. The predicted octanol–water partition coefficient (Wildman–Crippen LogP) is 4.13. The van der Waals surface area contributed by atoms with E-state index in [1.807, 2.05) is 31.9 Å². The topological polar surface area (TPSA) is 93.8 Å². The van der Waals surface area contributed by atoms with E-state index in [0.29, 0.717) is 50.1 Å². The molecule has 2 atom stereocenters. The van der Waals surface area contributed by atoms with Crippen molar-refractivity contribution in [3.8, 4) is 11.1 Å². The van der Waals surface area contributed by atoms with E-state index in [0.717, 1.165) is 18.6 Å². The smallest absolute Gasteiger partial charge is 0.264 e. The number of piperazine rings is 1. The van der Waals surface area contributed by atoms with Crippen molar-refractivity contribution < 1.29 is 22.7 Å². The monoisotopic (exact) mass is 570 g/mol. The molecule has 3 aromatic rings. The van der Waals surface area contributed by atoms with E-state index in [1.54, 1.807) is 12.3 Å². The van der Waals surface area contributed by atoms with Gasteiger partial charge < -0.3 is 29.7 Å². The summed E-state index contributed by atoms with van der Waals surface area (Å²) < 4.78 is 48.6. The van der Waals surface area contributed by atoms with Crippen LogP contribution in [-0.4, -0.2) is 79.3 Å². The Balaban J connectivity index is 1.51. The number of aromatic nitrogens is 2. The first-order valence-corrected chi connectivity index (χ1v) is 13.5. The summed E-state index contributed by atoms with van der Waals surface area (Å²) in [5, 5.41) is 2.71. The van der Waals surface area contributed by atoms with Gasteiger partial charge in [0.25, 0.3) is 12.3 Å². The lowest BCUT2D eigenvalue weighted by Gasteiger charge is -2.39. The van der Waals surface area contributed by atoms with Crippen molar-refractivity contribution in [2.75, 3.05) is 61.5 Å². The van der Waals surface area contributed by atoms with E-state index >= 15 is 4.39 Å². The molecule has 41 heavy (non-hydrogen) atoms. The molecule has 2 unspecified atom stereocenters. The number of rotatable bonds is 6. The third-order valence-electron chi connectivity index (χ3n) is 7.69. The van der Waals surface area contributed by atoms with Gasteiger partial charge in [0, 0.05) is 73.9 Å². The van der Waals surface area contributed by atoms with Crippen molar-refractivity contribution in [2.45, 2.75) is 32.4 Å². The molecule has 2 aliphatic rings. The Kier molecular flexibility index (Phi) is 8.32. The van der Waals surface area contributed by atoms with Gasteiger partial charge in [-0.2, -0.15) is 0 Å². The molecule has 2 aromatic heterocycles. The number of amides is 1. The van der Waals surface area contributed by atoms with Gasteiger partial charge in [0.1, 0.15) is 11.6 Å². The molecule has 0 aliphatic carbocycles. The molecule has 5 rings (SSSR count). The Morgan fingerprint density at radius 3 is 2.61 bits per heavy atom. The molecule has 0 saturated carbocycles. The summed E-state index contributed by atoms with van der Waals surface area (Å²) in [5.41, 5.74) is -0.380. The van der Waals surface area contributed by atoms with Crippen molar-refractivity contribution in [3.05, 3.63) is 70.0 Å². The molecular formula is C29H33F3N6O3. The van der Waals surface area contributed by atoms with Crippen LogP contribution in [0.4, 0.5) is 30.4 Å². The average molecular weight is 571 g/mol. The first kappa shape index (κ1) is 28.6. The average Bonchev–Trinajstić information content (AvgIpc) is 2.95. The number of carbonyl (C=O) groups is 1. The zero-order valence-electron chi connectivity index (χ0n) is 23.2. The molecule has 1 amide bonds. The highest BCUT2D eigenvalue weighted by atomic mass is 19.3. The highest BCUT2D eigenvalue weighted by molar-refractivity contribution is 6.07. The summed E-state index contributed by atoms with van der Waals surface area (Å²) in [5.74, 6) is -0.595. The number of benzene rings is 1. The van der Waals surface area contributed by atoms with E-state index in [2.05, 4.69) is 25.1 Å². The second kappa shape index (κ2) is 11.9. The maximum absolute atomic E-state index is 15.7. The molecular weight excluding hydrogens is 537 g/mol. The van der Waals surface area contributed by atoms with Gasteiger partial charge in [0.2, 0.25) is 5.56 Å². The predicted molar refractivity (Wildman–Crippen MR) is 152 cm³/mol. The summed E-state index contributed by atoms with van der Waals surface area (Å²) in [6.45, 7) is 7.91. The van der Waals surface area contributed by atoms with Gasteiger partial charge in [-0.05, 0) is 45.2 Å². The zero-order valence-corrected chi connectivity index (χ0v) is 23.2. The first-order chi connectivity index (χ1) is 19.6. The summed E-state index contributed by atoms with van der Waals surface area (Å²) in [4.78, 5) is 38.0. The molecule has 1 aromatic carbocycles. The lowest BCUT2D eigenvalue weighted by Crippen LogP contribution is -2.50. The summed E-state index contributed by atoms with van der Waals surface area (Å²) in [6.07, 6.45) is -0.407. The summed E-state index contributed by atoms with van der Waals surface area (Å²) in [7, 11) is 2.00. The molecule has 4 heterocycles. The number of hydrogen-bond acceptors (Lipinski definition) is 7. The van der Waals surface area contributed by atoms with Gasteiger partial charge in [-0.3, -0.25) is 9.59 Å². The Bertz CT molecular complexity index is 1470. The van der Waals surface area contributed by atoms with Crippen LogP contribution in [-0.2, 0) is 4.74 Å². The summed E-state index contributed by atoms with van der Waals surface area (Å²) in [6, 6.07) is 7.33. The Hall–Kier alpha value is -3.90. The second-order valence-corrected chi connectivity index (χ2v) is 10.6. The van der Waals surface area contributed by atoms with Crippen molar-refractivity contribution in [1.82, 2.24) is 14.9 Å². The highest BCUT2D eigenvalue weighted by Gasteiger charge is 2.27. The van der Waals surface area contributed by atoms with Gasteiger partial charge in [-0.1, -0.05) is 0 Å². The number of pyridine rings is 2. The number of morpholine rings is 1. The molecule has 0 radical (unpaired) electrons. The fourth-order valence-electron chi connectivity index (χ4n) is 5.23. The van der Waals surface area contributed by atoms with Gasteiger partial charge in [0.05, 0.1) is 29.6 Å². The van der Waals surface area contributed by atoms with E-state index < -0.39 is 29.3 Å². The maximum Gasteiger partial charge on any atom is 0.264 e. The van der Waals surface area contributed by atoms with Crippen molar-refractivity contribution in [1.29, 1.82) is 0 Å². The van der Waals surface area contributed by atoms with Crippen LogP contribution in [0.5, 0.6) is 0 Å². The van der Waals surface area contributed by atoms with Gasteiger partial charge in [-0.25, -0.2) is 18.2 Å². The Morgan fingerprint density at radius 1 is 1.12 bits per heavy atom. The minimum absolute atomic E-state index is 0.0757. The number of nitrogens with zero attached hydrogens (tertiary/aromatic N) is 4. The SMILES string of the molecule is CC1CN(c2ccc(-c3cc(NC(=O)c4c[nH]c(=O)cc4C(F)F)c(N4CCN(C)C(C)C4)cc3F)cn2)CCO1. The van der Waals surface area contributed by atoms with Crippen LogP contribution >= 0.6 is 0 Å². The van der Waals surface area contributed by atoms with Crippen molar-refractivity contribution in [3.63, 3.8) is 0 Å². The number of alkyl halides is 2. The number of likely N-dealkylation sites (N-methyl/N-ethyl adjacent to an activating group) is 1. The number of nitrogens with one attached hydrogen (secondary N) is 2. The largest absolute Gasteiger partial charge is 0.375 e. The number of ether oxygens (including phenoxy) is 1. The fourth-order valence-corrected chi connectivity index (χ4v) is 5.23. The van der Waals surface area contributed by atoms with Crippen LogP contribution in [0.2, 0.25) is 0 Å². The van der Waals surface area contributed by atoms with E-state index in [9.17, 15) is 18.4 Å². The van der Waals surface area contributed by atoms with E-state index in [4.69, 9.17) is 4.74 Å². The fraction of sp³-hybridized carbons (Fsp3) is 0.414. The van der Waals surface area contributed by atoms with Crippen LogP contribution in [0.1, 0.15) is 36.2 Å². The van der Waals surface area contributed by atoms with Gasteiger partial charge >= 0.3 is 0 Å². The number of hydrogen-bond donors (Lipinski definition) is 2. The molecule has 2 aliphatic heterocycles. The van der Waals surface area contributed by atoms with Crippen LogP contribution < -0.4 is 20.7 Å². The Morgan fingerprint density at radius 2 is 1.93 bits per heavy atom. The minimum Gasteiger partial charge on any atom is -0.375 e. The van der Waals surface area contributed by atoms with Crippen molar-refractivity contribution >= 4 is 23.1 Å².